The fourth-order valence-electron chi connectivity index (χ4n) is 1.52. The molecule has 0 amide bonds. The number of halogens is 1. The summed E-state index contributed by atoms with van der Waals surface area (Å²) in [5.74, 6) is 0.365. The number of benzene rings is 1. The molecule has 0 fully saturated rings. The lowest BCUT2D eigenvalue weighted by atomic mass is 9.97. The van der Waals surface area contributed by atoms with E-state index < -0.39 is 5.41 Å². The van der Waals surface area contributed by atoms with Gasteiger partial charge in [0.15, 0.2) is 11.5 Å². The van der Waals surface area contributed by atoms with Crippen molar-refractivity contribution in [3.8, 4) is 11.5 Å². The van der Waals surface area contributed by atoms with E-state index in [-0.39, 0.29) is 5.97 Å². The number of carbonyl (C=O) groups is 1. The van der Waals surface area contributed by atoms with Crippen molar-refractivity contribution in [3.05, 3.63) is 23.6 Å². The van der Waals surface area contributed by atoms with Crippen molar-refractivity contribution in [1.29, 1.82) is 0 Å². The highest BCUT2D eigenvalue weighted by Crippen LogP contribution is 2.34. The summed E-state index contributed by atoms with van der Waals surface area (Å²) in [6.45, 7) is 5.33. The van der Waals surface area contributed by atoms with E-state index in [0.717, 1.165) is 0 Å². The van der Waals surface area contributed by atoms with Crippen LogP contribution in [0.2, 0.25) is 5.15 Å². The monoisotopic (exact) mass is 294 g/mol. The first-order chi connectivity index (χ1) is 9.32. The Hall–Kier alpha value is -1.88. The van der Waals surface area contributed by atoms with E-state index in [0.29, 0.717) is 27.6 Å². The zero-order valence-electron chi connectivity index (χ0n) is 11.7. The maximum Gasteiger partial charge on any atom is 0.316 e. The number of hydrogen-bond acceptors (Lipinski definition) is 5. The van der Waals surface area contributed by atoms with Crippen molar-refractivity contribution >= 4 is 28.5 Å². The highest BCUT2D eigenvalue weighted by molar-refractivity contribution is 6.34. The molecule has 20 heavy (non-hydrogen) atoms. The highest BCUT2D eigenvalue weighted by Gasteiger charge is 2.25. The van der Waals surface area contributed by atoms with Crippen LogP contribution in [0.1, 0.15) is 20.8 Å². The molecule has 0 bridgehead atoms. The Kier molecular flexibility index (Phi) is 3.81. The fourth-order valence-corrected chi connectivity index (χ4v) is 1.72. The van der Waals surface area contributed by atoms with Crippen molar-refractivity contribution < 1.29 is 14.3 Å². The Morgan fingerprint density at radius 3 is 2.50 bits per heavy atom. The Bertz CT molecular complexity index is 665. The molecule has 0 saturated heterocycles. The van der Waals surface area contributed by atoms with Crippen LogP contribution in [0.5, 0.6) is 11.5 Å². The molecule has 0 unspecified atom stereocenters. The Morgan fingerprint density at radius 1 is 1.20 bits per heavy atom. The van der Waals surface area contributed by atoms with Crippen molar-refractivity contribution in [2.45, 2.75) is 20.8 Å². The normalized spacial score (nSPS) is 11.4. The third-order valence-corrected chi connectivity index (χ3v) is 2.99. The third-order valence-electron chi connectivity index (χ3n) is 2.69. The average Bonchev–Trinajstić information content (AvgIpc) is 2.38. The number of ether oxygens (including phenoxy) is 2. The summed E-state index contributed by atoms with van der Waals surface area (Å²) in [4.78, 5) is 20.0. The second-order valence-corrected chi connectivity index (χ2v) is 5.68. The van der Waals surface area contributed by atoms with E-state index in [1.807, 2.05) is 0 Å². The molecule has 6 heteroatoms. The van der Waals surface area contributed by atoms with E-state index in [1.165, 1.54) is 13.4 Å². The SMILES string of the molecule is COc1cc2ncnc(Cl)c2cc1OC(=O)C(C)(C)C. The van der Waals surface area contributed by atoms with Gasteiger partial charge in [0, 0.05) is 11.5 Å². The van der Waals surface area contributed by atoms with Gasteiger partial charge in [0.2, 0.25) is 0 Å². The van der Waals surface area contributed by atoms with E-state index in [1.54, 1.807) is 32.9 Å². The highest BCUT2D eigenvalue weighted by atomic mass is 35.5. The lowest BCUT2D eigenvalue weighted by molar-refractivity contribution is -0.143. The molecule has 0 N–H and O–H groups in total. The second kappa shape index (κ2) is 5.25. The first-order valence-electron chi connectivity index (χ1n) is 6.03. The minimum Gasteiger partial charge on any atom is -0.493 e. The smallest absolute Gasteiger partial charge is 0.316 e. The van der Waals surface area contributed by atoms with Crippen LogP contribution in [0.3, 0.4) is 0 Å². The molecule has 1 aromatic heterocycles. The van der Waals surface area contributed by atoms with Gasteiger partial charge in [-0.3, -0.25) is 4.79 Å². The van der Waals surface area contributed by atoms with Gasteiger partial charge in [0.05, 0.1) is 18.0 Å². The predicted molar refractivity (Wildman–Crippen MR) is 76.2 cm³/mol. The number of carbonyl (C=O) groups excluding carboxylic acids is 1. The molecular weight excluding hydrogens is 280 g/mol. The summed E-state index contributed by atoms with van der Waals surface area (Å²) in [5.41, 5.74) is 0.00846. The summed E-state index contributed by atoms with van der Waals surface area (Å²) >= 11 is 6.02. The van der Waals surface area contributed by atoms with Gasteiger partial charge in [-0.1, -0.05) is 11.6 Å². The molecule has 2 rings (SSSR count). The average molecular weight is 295 g/mol. The van der Waals surface area contributed by atoms with Gasteiger partial charge >= 0.3 is 5.97 Å². The van der Waals surface area contributed by atoms with Gasteiger partial charge < -0.3 is 9.47 Å². The number of nitrogens with zero attached hydrogens (tertiary/aromatic N) is 2. The molecule has 2 aromatic rings. The van der Waals surface area contributed by atoms with Crippen molar-refractivity contribution in [3.63, 3.8) is 0 Å². The lowest BCUT2D eigenvalue weighted by Gasteiger charge is -2.18. The molecule has 0 radical (unpaired) electrons. The molecule has 0 aliphatic heterocycles. The standard InChI is InChI=1S/C14H15ClN2O3/c1-14(2,3)13(18)20-11-5-8-9(6-10(11)19-4)16-7-17-12(8)15/h5-7H,1-4H3. The largest absolute Gasteiger partial charge is 0.493 e. The van der Waals surface area contributed by atoms with Crippen LogP contribution in [-0.4, -0.2) is 23.0 Å². The Balaban J connectivity index is 2.51. The molecule has 1 heterocycles. The zero-order chi connectivity index (χ0) is 14.9. The molecule has 1 aromatic carbocycles. The summed E-state index contributed by atoms with van der Waals surface area (Å²) < 4.78 is 10.6. The van der Waals surface area contributed by atoms with Crippen molar-refractivity contribution in [2.75, 3.05) is 7.11 Å². The number of esters is 1. The van der Waals surface area contributed by atoms with Gasteiger partial charge in [-0.05, 0) is 26.8 Å². The summed E-state index contributed by atoms with van der Waals surface area (Å²) in [7, 11) is 1.50. The number of hydrogen-bond donors (Lipinski definition) is 0. The van der Waals surface area contributed by atoms with Gasteiger partial charge in [-0.15, -0.1) is 0 Å². The van der Waals surface area contributed by atoms with Gasteiger partial charge in [-0.2, -0.15) is 0 Å². The van der Waals surface area contributed by atoms with Gasteiger partial charge in [-0.25, -0.2) is 9.97 Å². The van der Waals surface area contributed by atoms with Crippen LogP contribution in [0.4, 0.5) is 0 Å². The maximum atomic E-state index is 12.0. The number of methoxy groups -OCH3 is 1. The summed E-state index contributed by atoms with van der Waals surface area (Å²) in [5, 5.41) is 0.900. The van der Waals surface area contributed by atoms with Crippen LogP contribution < -0.4 is 9.47 Å². The van der Waals surface area contributed by atoms with E-state index >= 15 is 0 Å². The number of rotatable bonds is 2. The molecule has 106 valence electrons. The van der Waals surface area contributed by atoms with Crippen molar-refractivity contribution in [1.82, 2.24) is 9.97 Å². The number of fused-ring (bicyclic) bond motifs is 1. The van der Waals surface area contributed by atoms with E-state index in [2.05, 4.69) is 9.97 Å². The van der Waals surface area contributed by atoms with Crippen molar-refractivity contribution in [2.24, 2.45) is 5.41 Å². The number of aromatic nitrogens is 2. The van der Waals surface area contributed by atoms with E-state index in [4.69, 9.17) is 21.1 Å². The second-order valence-electron chi connectivity index (χ2n) is 5.32. The Labute approximate surface area is 121 Å². The third kappa shape index (κ3) is 2.82. The van der Waals surface area contributed by atoms with Crippen LogP contribution >= 0.6 is 11.6 Å². The molecule has 0 atom stereocenters. The molecule has 0 saturated carbocycles. The predicted octanol–water partition coefficient (Wildman–Crippen LogP) is 3.24. The molecule has 5 nitrogen and oxygen atoms in total. The summed E-state index contributed by atoms with van der Waals surface area (Å²) in [6.07, 6.45) is 1.37. The van der Waals surface area contributed by atoms with Crippen LogP contribution in [-0.2, 0) is 4.79 Å². The minimum atomic E-state index is -0.614. The topological polar surface area (TPSA) is 61.3 Å². The van der Waals surface area contributed by atoms with Crippen LogP contribution in [0, 0.1) is 5.41 Å². The quantitative estimate of drug-likeness (QED) is 0.483. The molecule has 0 aliphatic rings. The van der Waals surface area contributed by atoms with Crippen LogP contribution in [0.15, 0.2) is 18.5 Å². The maximum absolute atomic E-state index is 12.0. The van der Waals surface area contributed by atoms with Gasteiger partial charge in [0.25, 0.3) is 0 Å². The molecule has 0 spiro atoms. The lowest BCUT2D eigenvalue weighted by Crippen LogP contribution is -2.25. The molecule has 0 aliphatic carbocycles. The zero-order valence-corrected chi connectivity index (χ0v) is 12.5. The van der Waals surface area contributed by atoms with Crippen LogP contribution in [0.25, 0.3) is 10.9 Å². The Morgan fingerprint density at radius 2 is 1.90 bits per heavy atom. The molecular formula is C14H15ClN2O3. The van der Waals surface area contributed by atoms with E-state index in [9.17, 15) is 4.79 Å². The first-order valence-corrected chi connectivity index (χ1v) is 6.41. The summed E-state index contributed by atoms with van der Waals surface area (Å²) in [6, 6.07) is 3.27. The minimum absolute atomic E-state index is 0.297. The fraction of sp³-hybridized carbons (Fsp3) is 0.357. The van der Waals surface area contributed by atoms with Gasteiger partial charge in [0.1, 0.15) is 11.5 Å². The first kappa shape index (κ1) is 14.5.